The summed E-state index contributed by atoms with van der Waals surface area (Å²) in [6, 6.07) is 13.6. The number of aromatic nitrogens is 2. The number of fused-ring (bicyclic) bond motifs is 1. The molecule has 1 aliphatic carbocycles. The normalized spacial score (nSPS) is 16.3. The van der Waals surface area contributed by atoms with E-state index in [1.807, 2.05) is 31.2 Å². The van der Waals surface area contributed by atoms with Gasteiger partial charge in [0.2, 0.25) is 0 Å². The van der Waals surface area contributed by atoms with Gasteiger partial charge < -0.3 is 9.63 Å². The predicted octanol–water partition coefficient (Wildman–Crippen LogP) is 3.44. The Hall–Kier alpha value is -2.62. The van der Waals surface area contributed by atoms with Crippen LogP contribution < -0.4 is 0 Å². The minimum atomic E-state index is 0.157. The Morgan fingerprint density at radius 3 is 2.90 bits per heavy atom. The minimum Gasteiger partial charge on any atom is -0.507 e. The van der Waals surface area contributed by atoms with Crippen LogP contribution in [0.5, 0.6) is 5.75 Å². The van der Waals surface area contributed by atoms with Crippen LogP contribution in [0.1, 0.15) is 28.4 Å². The van der Waals surface area contributed by atoms with Crippen LogP contribution in [0.4, 0.5) is 0 Å². The lowest BCUT2D eigenvalue weighted by Crippen LogP contribution is -2.19. The molecule has 0 amide bonds. The lowest BCUT2D eigenvalue weighted by atomic mass is 9.77. The summed E-state index contributed by atoms with van der Waals surface area (Å²) in [5.41, 5.74) is 4.23. The highest BCUT2D eigenvalue weighted by Gasteiger charge is 2.31. The van der Waals surface area contributed by atoms with E-state index in [0.717, 1.165) is 12.0 Å². The number of hydrogen-bond acceptors (Lipinski definition) is 4. The van der Waals surface area contributed by atoms with E-state index in [0.29, 0.717) is 17.3 Å². The molecule has 0 saturated heterocycles. The van der Waals surface area contributed by atoms with E-state index in [-0.39, 0.29) is 11.7 Å². The van der Waals surface area contributed by atoms with Gasteiger partial charge in [-0.15, -0.1) is 0 Å². The van der Waals surface area contributed by atoms with Crippen molar-refractivity contribution in [2.45, 2.75) is 19.3 Å². The molecule has 1 aromatic heterocycles. The van der Waals surface area contributed by atoms with Gasteiger partial charge in [0.15, 0.2) is 5.82 Å². The van der Waals surface area contributed by atoms with Gasteiger partial charge in [0, 0.05) is 0 Å². The highest BCUT2D eigenvalue weighted by atomic mass is 16.5. The summed E-state index contributed by atoms with van der Waals surface area (Å²) >= 11 is 0. The van der Waals surface area contributed by atoms with Crippen LogP contribution >= 0.6 is 0 Å². The first-order valence-electron chi connectivity index (χ1n) is 6.94. The molecule has 1 N–H and O–H groups in total. The van der Waals surface area contributed by atoms with Gasteiger partial charge in [0.25, 0.3) is 5.89 Å². The first kappa shape index (κ1) is 12.1. The molecule has 0 aliphatic heterocycles. The zero-order chi connectivity index (χ0) is 14.4. The molecule has 1 atom stereocenters. The maximum absolute atomic E-state index is 9.94. The van der Waals surface area contributed by atoms with E-state index < -0.39 is 0 Å². The van der Waals surface area contributed by atoms with E-state index in [1.165, 1.54) is 11.1 Å². The van der Waals surface area contributed by atoms with Gasteiger partial charge in [-0.1, -0.05) is 41.1 Å². The van der Waals surface area contributed by atoms with Crippen molar-refractivity contribution in [1.29, 1.82) is 0 Å². The molecular formula is C17H14N2O2. The van der Waals surface area contributed by atoms with Crippen molar-refractivity contribution >= 4 is 0 Å². The van der Waals surface area contributed by atoms with E-state index in [1.54, 1.807) is 6.07 Å². The molecule has 1 aliphatic rings. The number of aryl methyl sites for hydroxylation is 1. The van der Waals surface area contributed by atoms with E-state index in [9.17, 15) is 5.11 Å². The molecule has 104 valence electrons. The summed E-state index contributed by atoms with van der Waals surface area (Å²) in [4.78, 5) is 4.47. The third kappa shape index (κ3) is 1.91. The van der Waals surface area contributed by atoms with Gasteiger partial charge in [-0.05, 0) is 36.6 Å². The van der Waals surface area contributed by atoms with Gasteiger partial charge in [0.1, 0.15) is 5.75 Å². The molecule has 0 radical (unpaired) electrons. The van der Waals surface area contributed by atoms with Crippen LogP contribution in [-0.4, -0.2) is 15.2 Å². The average molecular weight is 278 g/mol. The van der Waals surface area contributed by atoms with Gasteiger partial charge in [-0.3, -0.25) is 0 Å². The minimum absolute atomic E-state index is 0.157. The van der Waals surface area contributed by atoms with Crippen LogP contribution in [0.15, 0.2) is 47.0 Å². The highest BCUT2D eigenvalue weighted by Crippen LogP contribution is 2.39. The standard InChI is InChI=1S/C17H14N2O2/c1-10-6-7-15(20)14(8-10)17-18-16(19-21-17)13-9-11-4-2-3-5-12(11)13/h2-8,13,20H,9H2,1H3. The molecule has 1 unspecified atom stereocenters. The van der Waals surface area contributed by atoms with Crippen molar-refractivity contribution in [3.63, 3.8) is 0 Å². The van der Waals surface area contributed by atoms with Gasteiger partial charge in [-0.2, -0.15) is 4.98 Å². The molecule has 4 heteroatoms. The molecule has 0 saturated carbocycles. The molecule has 1 heterocycles. The number of hydrogen-bond donors (Lipinski definition) is 1. The van der Waals surface area contributed by atoms with Gasteiger partial charge in [-0.25, -0.2) is 0 Å². The summed E-state index contributed by atoms with van der Waals surface area (Å²) in [5, 5.41) is 14.0. The van der Waals surface area contributed by atoms with Crippen molar-refractivity contribution in [3.8, 4) is 17.2 Å². The smallest absolute Gasteiger partial charge is 0.261 e. The monoisotopic (exact) mass is 278 g/mol. The number of benzene rings is 2. The van der Waals surface area contributed by atoms with Crippen LogP contribution in [-0.2, 0) is 6.42 Å². The Labute approximate surface area is 122 Å². The predicted molar refractivity (Wildman–Crippen MR) is 78.1 cm³/mol. The molecule has 4 nitrogen and oxygen atoms in total. The largest absolute Gasteiger partial charge is 0.507 e. The van der Waals surface area contributed by atoms with Crippen molar-refractivity contribution in [3.05, 3.63) is 65.0 Å². The van der Waals surface area contributed by atoms with E-state index in [2.05, 4.69) is 22.3 Å². The SMILES string of the molecule is Cc1ccc(O)c(-c2nc(C3Cc4ccccc43)no2)c1. The fraction of sp³-hybridized carbons (Fsp3) is 0.176. The summed E-state index contributed by atoms with van der Waals surface area (Å²) in [5.74, 6) is 1.41. The second-order valence-electron chi connectivity index (χ2n) is 5.43. The first-order valence-corrected chi connectivity index (χ1v) is 6.94. The van der Waals surface area contributed by atoms with Gasteiger partial charge >= 0.3 is 0 Å². The van der Waals surface area contributed by atoms with Gasteiger partial charge in [0.05, 0.1) is 11.5 Å². The Morgan fingerprint density at radius 1 is 1.19 bits per heavy atom. The quantitative estimate of drug-likeness (QED) is 0.780. The Morgan fingerprint density at radius 2 is 2.05 bits per heavy atom. The number of phenolic OH excluding ortho intramolecular Hbond substituents is 1. The Bertz CT molecular complexity index is 823. The molecule has 0 fully saturated rings. The molecule has 21 heavy (non-hydrogen) atoms. The molecule has 3 aromatic rings. The number of rotatable bonds is 2. The molecule has 0 bridgehead atoms. The van der Waals surface area contributed by atoms with Crippen LogP contribution in [0.25, 0.3) is 11.5 Å². The molecular weight excluding hydrogens is 264 g/mol. The summed E-state index contributed by atoms with van der Waals surface area (Å²) < 4.78 is 5.34. The summed E-state index contributed by atoms with van der Waals surface area (Å²) in [7, 11) is 0. The number of phenols is 1. The lowest BCUT2D eigenvalue weighted by molar-refractivity contribution is 0.412. The molecule has 4 rings (SSSR count). The van der Waals surface area contributed by atoms with Crippen molar-refractivity contribution in [1.82, 2.24) is 10.1 Å². The first-order chi connectivity index (χ1) is 10.2. The van der Waals surface area contributed by atoms with Crippen LogP contribution in [0.3, 0.4) is 0 Å². The number of nitrogens with zero attached hydrogens (tertiary/aromatic N) is 2. The van der Waals surface area contributed by atoms with E-state index in [4.69, 9.17) is 4.52 Å². The van der Waals surface area contributed by atoms with Crippen LogP contribution in [0, 0.1) is 6.92 Å². The zero-order valence-corrected chi connectivity index (χ0v) is 11.6. The van der Waals surface area contributed by atoms with Crippen molar-refractivity contribution in [2.24, 2.45) is 0 Å². The highest BCUT2D eigenvalue weighted by molar-refractivity contribution is 5.63. The summed E-state index contributed by atoms with van der Waals surface area (Å²) in [6.45, 7) is 1.96. The maximum atomic E-state index is 9.94. The number of aromatic hydroxyl groups is 1. The Kier molecular flexibility index (Phi) is 2.57. The summed E-state index contributed by atoms with van der Waals surface area (Å²) in [6.07, 6.45) is 0.939. The molecule has 0 spiro atoms. The fourth-order valence-electron chi connectivity index (χ4n) is 2.80. The van der Waals surface area contributed by atoms with Crippen molar-refractivity contribution in [2.75, 3.05) is 0 Å². The molecule has 2 aromatic carbocycles. The third-order valence-electron chi connectivity index (χ3n) is 3.99. The average Bonchev–Trinajstić information content (AvgIpc) is 2.92. The zero-order valence-electron chi connectivity index (χ0n) is 11.6. The topological polar surface area (TPSA) is 59.2 Å². The van der Waals surface area contributed by atoms with Crippen molar-refractivity contribution < 1.29 is 9.63 Å². The third-order valence-corrected chi connectivity index (χ3v) is 3.99. The lowest BCUT2D eigenvalue weighted by Gasteiger charge is -2.27. The van der Waals surface area contributed by atoms with Crippen LogP contribution in [0.2, 0.25) is 0 Å². The Balaban J connectivity index is 1.70. The maximum Gasteiger partial charge on any atom is 0.261 e. The second-order valence-corrected chi connectivity index (χ2v) is 5.43. The van der Waals surface area contributed by atoms with E-state index >= 15 is 0 Å². The second kappa shape index (κ2) is 4.45. The fourth-order valence-corrected chi connectivity index (χ4v) is 2.80.